The van der Waals surface area contributed by atoms with Crippen LogP contribution >= 0.6 is 0 Å². The number of nitrogens with two attached hydrogens (primary N) is 1. The first-order chi connectivity index (χ1) is 13.1. The molecule has 27 heavy (non-hydrogen) atoms. The van der Waals surface area contributed by atoms with E-state index >= 15 is 0 Å². The Morgan fingerprint density at radius 3 is 2.41 bits per heavy atom. The number of rotatable bonds is 14. The quantitative estimate of drug-likeness (QED) is 0.310. The Balaban J connectivity index is 2.44. The Morgan fingerprint density at radius 2 is 1.74 bits per heavy atom. The smallest absolute Gasteiger partial charge is 0.242 e. The summed E-state index contributed by atoms with van der Waals surface area (Å²) in [6.45, 7) is 5.01. The third-order valence-electron chi connectivity index (χ3n) is 4.14. The molecule has 0 aliphatic carbocycles. The van der Waals surface area contributed by atoms with Gasteiger partial charge in [-0.15, -0.1) is 0 Å². The van der Waals surface area contributed by atoms with Crippen molar-refractivity contribution in [2.24, 2.45) is 5.73 Å². The van der Waals surface area contributed by atoms with Crippen molar-refractivity contribution in [2.45, 2.75) is 51.5 Å². The van der Waals surface area contributed by atoms with Crippen LogP contribution in [0.4, 0.5) is 0 Å². The van der Waals surface area contributed by atoms with Gasteiger partial charge in [0.1, 0.15) is 11.8 Å². The molecule has 0 aliphatic rings. The summed E-state index contributed by atoms with van der Waals surface area (Å²) in [5, 5.41) is 18.4. The molecule has 0 spiro atoms. The van der Waals surface area contributed by atoms with Crippen LogP contribution in [0.3, 0.4) is 0 Å². The summed E-state index contributed by atoms with van der Waals surface area (Å²) in [5.74, 6) is -0.126. The van der Waals surface area contributed by atoms with Crippen molar-refractivity contribution in [1.29, 1.82) is 0 Å². The lowest BCUT2D eigenvalue weighted by Crippen LogP contribution is -2.48. The predicted octanol–water partition coefficient (Wildman–Crippen LogP) is 1.05. The highest BCUT2D eigenvalue weighted by molar-refractivity contribution is 5.87. The zero-order valence-electron chi connectivity index (χ0n) is 16.3. The van der Waals surface area contributed by atoms with Crippen LogP contribution < -0.4 is 21.7 Å². The van der Waals surface area contributed by atoms with Gasteiger partial charge in [-0.3, -0.25) is 9.59 Å². The minimum Gasteiger partial charge on any atom is -0.508 e. The second kappa shape index (κ2) is 14.0. The average molecular weight is 379 g/mol. The van der Waals surface area contributed by atoms with Gasteiger partial charge in [0.25, 0.3) is 0 Å². The number of carbonyl (C=O) groups is 2. The van der Waals surface area contributed by atoms with Crippen molar-refractivity contribution in [3.8, 4) is 5.75 Å². The standard InChI is InChI=1S/C20H34N4O3/c1-2-6-19(26)24-18(15-16-7-9-17(25)10-8-16)20(27)23-14-4-3-12-22-13-5-11-21/h7-10,18,22,25H,2-6,11-15,21H2,1H3,(H,23,27)(H,24,26). The van der Waals surface area contributed by atoms with Crippen molar-refractivity contribution in [3.05, 3.63) is 29.8 Å². The summed E-state index contributed by atoms with van der Waals surface area (Å²) in [4.78, 5) is 24.5. The molecule has 0 aliphatic heterocycles. The average Bonchev–Trinajstić information content (AvgIpc) is 2.65. The van der Waals surface area contributed by atoms with Crippen molar-refractivity contribution in [3.63, 3.8) is 0 Å². The third kappa shape index (κ3) is 10.6. The lowest BCUT2D eigenvalue weighted by atomic mass is 10.0. The highest BCUT2D eigenvalue weighted by Crippen LogP contribution is 2.11. The van der Waals surface area contributed by atoms with Gasteiger partial charge in [-0.2, -0.15) is 0 Å². The maximum atomic E-state index is 12.5. The van der Waals surface area contributed by atoms with E-state index in [9.17, 15) is 14.7 Å². The third-order valence-corrected chi connectivity index (χ3v) is 4.14. The number of hydrogen-bond donors (Lipinski definition) is 5. The number of aromatic hydroxyl groups is 1. The lowest BCUT2D eigenvalue weighted by molar-refractivity contribution is -0.129. The summed E-state index contributed by atoms with van der Waals surface area (Å²) in [5.41, 5.74) is 6.32. The van der Waals surface area contributed by atoms with Crippen LogP contribution in [0, 0.1) is 0 Å². The number of carbonyl (C=O) groups excluding carboxylic acids is 2. The Hall–Kier alpha value is -2.12. The minimum atomic E-state index is -0.615. The van der Waals surface area contributed by atoms with E-state index in [2.05, 4.69) is 16.0 Å². The molecule has 0 heterocycles. The number of benzene rings is 1. The van der Waals surface area contributed by atoms with Gasteiger partial charge in [0.05, 0.1) is 0 Å². The van der Waals surface area contributed by atoms with Crippen LogP contribution in [0.2, 0.25) is 0 Å². The monoisotopic (exact) mass is 378 g/mol. The Bertz CT molecular complexity index is 549. The molecule has 152 valence electrons. The van der Waals surface area contributed by atoms with Gasteiger partial charge in [0, 0.05) is 19.4 Å². The zero-order chi connectivity index (χ0) is 19.9. The molecule has 7 nitrogen and oxygen atoms in total. The van der Waals surface area contributed by atoms with Crippen LogP contribution in [0.5, 0.6) is 5.75 Å². The highest BCUT2D eigenvalue weighted by Gasteiger charge is 2.20. The first-order valence-corrected chi connectivity index (χ1v) is 9.82. The van der Waals surface area contributed by atoms with Crippen LogP contribution in [0.25, 0.3) is 0 Å². The van der Waals surface area contributed by atoms with Crippen molar-refractivity contribution < 1.29 is 14.7 Å². The van der Waals surface area contributed by atoms with Gasteiger partial charge >= 0.3 is 0 Å². The van der Waals surface area contributed by atoms with Crippen LogP contribution in [-0.2, 0) is 16.0 Å². The largest absolute Gasteiger partial charge is 0.508 e. The van der Waals surface area contributed by atoms with Crippen LogP contribution in [0.15, 0.2) is 24.3 Å². The molecule has 0 aromatic heterocycles. The van der Waals surface area contributed by atoms with E-state index < -0.39 is 6.04 Å². The van der Waals surface area contributed by atoms with Gasteiger partial charge in [0.15, 0.2) is 0 Å². The van der Waals surface area contributed by atoms with E-state index in [0.717, 1.165) is 44.3 Å². The van der Waals surface area contributed by atoms with Crippen molar-refractivity contribution in [1.82, 2.24) is 16.0 Å². The molecule has 1 atom stereocenters. The second-order valence-electron chi connectivity index (χ2n) is 6.63. The molecule has 0 bridgehead atoms. The van der Waals surface area contributed by atoms with E-state index in [-0.39, 0.29) is 17.6 Å². The summed E-state index contributed by atoms with van der Waals surface area (Å²) in [6, 6.07) is 6.06. The number of unbranched alkanes of at least 4 members (excludes halogenated alkanes) is 1. The van der Waals surface area contributed by atoms with E-state index in [1.807, 2.05) is 6.92 Å². The molecule has 7 heteroatoms. The molecule has 1 aromatic carbocycles. The summed E-state index contributed by atoms with van der Waals surface area (Å²) in [7, 11) is 0. The number of hydrogen-bond acceptors (Lipinski definition) is 5. The van der Waals surface area contributed by atoms with Gasteiger partial charge in [-0.05, 0) is 63.0 Å². The van der Waals surface area contributed by atoms with Crippen LogP contribution in [0.1, 0.15) is 44.6 Å². The predicted molar refractivity (Wildman–Crippen MR) is 107 cm³/mol. The normalized spacial score (nSPS) is 11.8. The molecular weight excluding hydrogens is 344 g/mol. The van der Waals surface area contributed by atoms with E-state index in [4.69, 9.17) is 5.73 Å². The SMILES string of the molecule is CCCC(=O)NC(Cc1ccc(O)cc1)C(=O)NCCCCNCCCN. The molecule has 0 saturated heterocycles. The highest BCUT2D eigenvalue weighted by atomic mass is 16.3. The fourth-order valence-electron chi connectivity index (χ4n) is 2.63. The number of phenolic OH excluding ortho intramolecular Hbond substituents is 1. The fraction of sp³-hybridized carbons (Fsp3) is 0.600. The second-order valence-corrected chi connectivity index (χ2v) is 6.63. The number of phenols is 1. The Labute approximate surface area is 162 Å². The number of nitrogens with one attached hydrogen (secondary N) is 3. The lowest BCUT2D eigenvalue weighted by Gasteiger charge is -2.19. The van der Waals surface area contributed by atoms with Gasteiger partial charge in [0.2, 0.25) is 11.8 Å². The summed E-state index contributed by atoms with van der Waals surface area (Å²) in [6.07, 6.45) is 4.32. The zero-order valence-corrected chi connectivity index (χ0v) is 16.3. The topological polar surface area (TPSA) is 116 Å². The molecule has 6 N–H and O–H groups in total. The molecule has 2 amide bonds. The maximum absolute atomic E-state index is 12.5. The van der Waals surface area contributed by atoms with Crippen molar-refractivity contribution in [2.75, 3.05) is 26.2 Å². The molecule has 1 aromatic rings. The summed E-state index contributed by atoms with van der Waals surface area (Å²) < 4.78 is 0. The molecule has 1 rings (SSSR count). The van der Waals surface area contributed by atoms with Gasteiger partial charge in [-0.25, -0.2) is 0 Å². The first kappa shape index (κ1) is 22.9. The number of amides is 2. The van der Waals surface area contributed by atoms with Gasteiger partial charge in [-0.1, -0.05) is 19.1 Å². The Kier molecular flexibility index (Phi) is 11.9. The minimum absolute atomic E-state index is 0.125. The maximum Gasteiger partial charge on any atom is 0.242 e. The molecule has 0 radical (unpaired) electrons. The molecule has 0 fully saturated rings. The van der Waals surface area contributed by atoms with Gasteiger partial charge < -0.3 is 26.8 Å². The molecular formula is C20H34N4O3. The van der Waals surface area contributed by atoms with E-state index in [1.165, 1.54) is 0 Å². The van der Waals surface area contributed by atoms with Crippen molar-refractivity contribution >= 4 is 11.8 Å². The first-order valence-electron chi connectivity index (χ1n) is 9.82. The van der Waals surface area contributed by atoms with Crippen LogP contribution in [-0.4, -0.2) is 49.1 Å². The molecule has 1 unspecified atom stereocenters. The molecule has 0 saturated carbocycles. The fourth-order valence-corrected chi connectivity index (χ4v) is 2.63. The van der Waals surface area contributed by atoms with E-state index in [0.29, 0.717) is 25.9 Å². The van der Waals surface area contributed by atoms with E-state index in [1.54, 1.807) is 24.3 Å². The summed E-state index contributed by atoms with van der Waals surface area (Å²) >= 11 is 0. The Morgan fingerprint density at radius 1 is 1.07 bits per heavy atom.